The van der Waals surface area contributed by atoms with Gasteiger partial charge in [-0.2, -0.15) is 0 Å². The van der Waals surface area contributed by atoms with Crippen LogP contribution in [0.1, 0.15) is 61.3 Å². The number of ether oxygens (including phenoxy) is 1. The number of hydrogen-bond donors (Lipinski definition) is 1. The number of carbonyl (C=O) groups excluding carboxylic acids is 2. The van der Waals surface area contributed by atoms with Crippen molar-refractivity contribution < 1.29 is 19.4 Å². The largest absolute Gasteiger partial charge is 0.438 e. The quantitative estimate of drug-likeness (QED) is 0.468. The van der Waals surface area contributed by atoms with Crippen molar-refractivity contribution in [2.45, 2.75) is 50.9 Å². The van der Waals surface area contributed by atoms with Gasteiger partial charge in [-0.25, -0.2) is 4.79 Å². The number of cyclic esters (lactones) is 1. The van der Waals surface area contributed by atoms with E-state index in [-0.39, 0.29) is 11.9 Å². The Morgan fingerprint density at radius 3 is 2.38 bits per heavy atom. The fourth-order valence-corrected chi connectivity index (χ4v) is 5.03. The predicted molar refractivity (Wildman–Crippen MR) is 143 cm³/mol. The molecular formula is C30H35N3O4. The Hall–Kier alpha value is -3.71. The highest BCUT2D eigenvalue weighted by atomic mass is 16.6. The lowest BCUT2D eigenvalue weighted by atomic mass is 9.80. The topological polar surface area (TPSA) is 83.0 Å². The Balaban J connectivity index is 1.55. The fourth-order valence-electron chi connectivity index (χ4n) is 5.03. The van der Waals surface area contributed by atoms with Gasteiger partial charge in [0.15, 0.2) is 0 Å². The zero-order chi connectivity index (χ0) is 26.8. The number of aliphatic hydroxyl groups is 1. The van der Waals surface area contributed by atoms with Crippen molar-refractivity contribution >= 4 is 12.0 Å². The molecule has 2 aromatic carbocycles. The molecule has 2 heterocycles. The highest BCUT2D eigenvalue weighted by Crippen LogP contribution is 2.42. The number of pyridine rings is 1. The van der Waals surface area contributed by atoms with Gasteiger partial charge in [-0.3, -0.25) is 9.78 Å². The molecule has 2 amide bonds. The molecule has 194 valence electrons. The minimum atomic E-state index is -1.00. The van der Waals surface area contributed by atoms with Crippen LogP contribution in [-0.2, 0) is 10.3 Å². The highest BCUT2D eigenvalue weighted by Gasteiger charge is 2.46. The van der Waals surface area contributed by atoms with Crippen LogP contribution in [0.15, 0.2) is 72.9 Å². The van der Waals surface area contributed by atoms with Crippen molar-refractivity contribution in [2.24, 2.45) is 0 Å². The van der Waals surface area contributed by atoms with Gasteiger partial charge in [0.25, 0.3) is 5.91 Å². The van der Waals surface area contributed by atoms with Crippen LogP contribution < -0.4 is 0 Å². The summed E-state index contributed by atoms with van der Waals surface area (Å²) in [5.41, 5.74) is 2.00. The monoisotopic (exact) mass is 501 g/mol. The first-order chi connectivity index (χ1) is 17.5. The first kappa shape index (κ1) is 26.4. The van der Waals surface area contributed by atoms with Gasteiger partial charge in [0.2, 0.25) is 0 Å². The maximum Gasteiger partial charge on any atom is 0.411 e. The third kappa shape index (κ3) is 5.67. The van der Waals surface area contributed by atoms with E-state index in [2.05, 4.69) is 4.98 Å². The standard InChI is InChI=1S/C30H35N3O4/c1-21(22-13-15-23(16-14-22)25-12-9-18-31-26(25)27(34)32(4)5)33-19-17-30(37-28(33)35,20-29(2,3)36)24-10-7-6-8-11-24/h6-16,18,21,36H,17,19-20H2,1-5H3/t21-,30-/m0/s1. The molecule has 1 N–H and O–H groups in total. The van der Waals surface area contributed by atoms with Crippen LogP contribution in [0.2, 0.25) is 0 Å². The molecule has 7 heteroatoms. The summed E-state index contributed by atoms with van der Waals surface area (Å²) >= 11 is 0. The number of amides is 2. The molecule has 0 spiro atoms. The summed E-state index contributed by atoms with van der Waals surface area (Å²) in [7, 11) is 3.41. The van der Waals surface area contributed by atoms with E-state index in [0.29, 0.717) is 25.1 Å². The third-order valence-electron chi connectivity index (χ3n) is 6.88. The Bertz CT molecular complexity index is 1250. The maximum absolute atomic E-state index is 13.3. The zero-order valence-corrected chi connectivity index (χ0v) is 22.1. The molecule has 2 atom stereocenters. The van der Waals surface area contributed by atoms with Crippen LogP contribution in [0, 0.1) is 0 Å². The van der Waals surface area contributed by atoms with Crippen molar-refractivity contribution in [3.05, 3.63) is 89.7 Å². The Morgan fingerprint density at radius 2 is 1.78 bits per heavy atom. The van der Waals surface area contributed by atoms with Gasteiger partial charge in [-0.15, -0.1) is 0 Å². The second-order valence-electron chi connectivity index (χ2n) is 10.6. The van der Waals surface area contributed by atoms with E-state index in [9.17, 15) is 14.7 Å². The van der Waals surface area contributed by atoms with Crippen molar-refractivity contribution in [2.75, 3.05) is 20.6 Å². The molecule has 1 fully saturated rings. The summed E-state index contributed by atoms with van der Waals surface area (Å²) in [6.45, 7) is 5.95. The molecule has 1 saturated heterocycles. The highest BCUT2D eigenvalue weighted by molar-refractivity contribution is 5.98. The molecule has 1 aliphatic rings. The maximum atomic E-state index is 13.3. The van der Waals surface area contributed by atoms with E-state index < -0.39 is 17.3 Å². The lowest BCUT2D eigenvalue weighted by Gasteiger charge is -2.45. The van der Waals surface area contributed by atoms with Crippen LogP contribution in [0.3, 0.4) is 0 Å². The number of benzene rings is 2. The Morgan fingerprint density at radius 1 is 1.11 bits per heavy atom. The lowest BCUT2D eigenvalue weighted by molar-refractivity contribution is -0.101. The molecule has 3 aromatic rings. The predicted octanol–water partition coefficient (Wildman–Crippen LogP) is 5.41. The number of nitrogens with zero attached hydrogens (tertiary/aromatic N) is 3. The molecule has 1 aliphatic heterocycles. The molecule has 4 rings (SSSR count). The minimum Gasteiger partial charge on any atom is -0.438 e. The first-order valence-electron chi connectivity index (χ1n) is 12.6. The summed E-state index contributed by atoms with van der Waals surface area (Å²) in [5.74, 6) is -0.155. The molecular weight excluding hydrogens is 466 g/mol. The first-order valence-corrected chi connectivity index (χ1v) is 12.6. The molecule has 7 nitrogen and oxygen atoms in total. The number of hydrogen-bond acceptors (Lipinski definition) is 5. The van der Waals surface area contributed by atoms with Crippen LogP contribution in [0.25, 0.3) is 11.1 Å². The van der Waals surface area contributed by atoms with Crippen LogP contribution in [-0.4, -0.2) is 58.1 Å². The SMILES string of the molecule is C[C@@H](c1ccc(-c2cccnc2C(=O)N(C)C)cc1)N1CC[C@](CC(C)(C)O)(c2ccccc2)OC1=O. The molecule has 37 heavy (non-hydrogen) atoms. The van der Waals surface area contributed by atoms with E-state index >= 15 is 0 Å². The average molecular weight is 502 g/mol. The Labute approximate surface area is 218 Å². The van der Waals surface area contributed by atoms with E-state index in [0.717, 1.165) is 22.3 Å². The molecule has 1 aromatic heterocycles. The molecule has 0 saturated carbocycles. The summed E-state index contributed by atoms with van der Waals surface area (Å²) in [6.07, 6.45) is 2.10. The van der Waals surface area contributed by atoms with Gasteiger partial charge in [-0.05, 0) is 43.5 Å². The van der Waals surface area contributed by atoms with Crippen LogP contribution in [0.4, 0.5) is 4.79 Å². The zero-order valence-electron chi connectivity index (χ0n) is 22.1. The summed E-state index contributed by atoms with van der Waals surface area (Å²) < 4.78 is 6.13. The van der Waals surface area contributed by atoms with E-state index in [1.54, 1.807) is 39.0 Å². The van der Waals surface area contributed by atoms with Crippen LogP contribution >= 0.6 is 0 Å². The number of carbonyl (C=O) groups is 2. The second-order valence-corrected chi connectivity index (χ2v) is 10.6. The van der Waals surface area contributed by atoms with Gasteiger partial charge in [0, 0.05) is 45.2 Å². The molecule has 0 aliphatic carbocycles. The molecule has 0 bridgehead atoms. The lowest BCUT2D eigenvalue weighted by Crippen LogP contribution is -2.51. The van der Waals surface area contributed by atoms with Crippen molar-refractivity contribution in [1.29, 1.82) is 0 Å². The fraction of sp³-hybridized carbons (Fsp3) is 0.367. The second kappa shape index (κ2) is 10.3. The van der Waals surface area contributed by atoms with Gasteiger partial charge in [0.1, 0.15) is 11.3 Å². The summed E-state index contributed by atoms with van der Waals surface area (Å²) in [6, 6.07) is 21.0. The smallest absolute Gasteiger partial charge is 0.411 e. The number of aromatic nitrogens is 1. The Kier molecular flexibility index (Phi) is 7.37. The molecule has 0 unspecified atom stereocenters. The normalized spacial score (nSPS) is 18.8. The van der Waals surface area contributed by atoms with E-state index in [1.165, 1.54) is 4.90 Å². The van der Waals surface area contributed by atoms with Crippen molar-refractivity contribution in [3.8, 4) is 11.1 Å². The van der Waals surface area contributed by atoms with E-state index in [1.807, 2.05) is 73.7 Å². The average Bonchev–Trinajstić information content (AvgIpc) is 2.87. The number of rotatable bonds is 7. The summed E-state index contributed by atoms with van der Waals surface area (Å²) in [4.78, 5) is 33.5. The van der Waals surface area contributed by atoms with Crippen molar-refractivity contribution in [3.63, 3.8) is 0 Å². The van der Waals surface area contributed by atoms with Crippen LogP contribution in [0.5, 0.6) is 0 Å². The van der Waals surface area contributed by atoms with Gasteiger partial charge in [0.05, 0.1) is 11.6 Å². The van der Waals surface area contributed by atoms with Crippen molar-refractivity contribution in [1.82, 2.24) is 14.8 Å². The van der Waals surface area contributed by atoms with E-state index in [4.69, 9.17) is 4.74 Å². The third-order valence-corrected chi connectivity index (χ3v) is 6.88. The minimum absolute atomic E-state index is 0.155. The summed E-state index contributed by atoms with van der Waals surface area (Å²) in [5, 5.41) is 10.6. The molecule has 0 radical (unpaired) electrons. The van der Waals surface area contributed by atoms with Gasteiger partial charge < -0.3 is 19.6 Å². The van der Waals surface area contributed by atoms with Gasteiger partial charge in [-0.1, -0.05) is 60.7 Å². The van der Waals surface area contributed by atoms with Gasteiger partial charge >= 0.3 is 6.09 Å².